The Balaban J connectivity index is 1.50. The third-order valence-corrected chi connectivity index (χ3v) is 4.25. The van der Waals surface area contributed by atoms with E-state index in [4.69, 9.17) is 4.74 Å². The lowest BCUT2D eigenvalue weighted by Crippen LogP contribution is -2.01. The number of rotatable bonds is 5. The van der Waals surface area contributed by atoms with Gasteiger partial charge in [0, 0.05) is 18.7 Å². The summed E-state index contributed by atoms with van der Waals surface area (Å²) in [6.45, 7) is 5.32. The maximum absolute atomic E-state index is 5.47. The van der Waals surface area contributed by atoms with Gasteiger partial charge in [-0.25, -0.2) is 4.68 Å². The zero-order valence-electron chi connectivity index (χ0n) is 13.7. The predicted molar refractivity (Wildman–Crippen MR) is 92.7 cm³/mol. The molecule has 4 rings (SSSR count). The molecular weight excluding hydrogens is 300 g/mol. The van der Waals surface area contributed by atoms with Crippen LogP contribution >= 0.6 is 0 Å². The molecule has 0 unspecified atom stereocenters. The molecule has 24 heavy (non-hydrogen) atoms. The Kier molecular flexibility index (Phi) is 4.01. The van der Waals surface area contributed by atoms with E-state index in [9.17, 15) is 0 Å². The summed E-state index contributed by atoms with van der Waals surface area (Å²) < 4.78 is 7.36. The van der Waals surface area contributed by atoms with E-state index in [-0.39, 0.29) is 0 Å². The molecule has 122 valence electrons. The number of ether oxygens (including phenoxy) is 1. The molecule has 0 atom stereocenters. The average Bonchev–Trinajstić information content (AvgIpc) is 3.25. The molecule has 5 heteroatoms. The number of aromatic nitrogens is 3. The first-order valence-electron chi connectivity index (χ1n) is 8.26. The van der Waals surface area contributed by atoms with E-state index < -0.39 is 0 Å². The molecular formula is C19H20N4O. The molecule has 0 aliphatic carbocycles. The van der Waals surface area contributed by atoms with E-state index in [1.54, 1.807) is 0 Å². The van der Waals surface area contributed by atoms with Crippen molar-refractivity contribution in [3.8, 4) is 17.0 Å². The van der Waals surface area contributed by atoms with Crippen LogP contribution in [0.3, 0.4) is 0 Å². The standard InChI is InChI=1S/C19H20N4O/c1-2-24-18-7-5-15(6-8-18)19-13-23(22-21-19)12-14-3-4-16-10-20-11-17(16)9-14/h3-9,13,20H,2,10-12H2,1H3. The number of nitrogens with one attached hydrogen (secondary N) is 1. The molecule has 0 radical (unpaired) electrons. The molecule has 1 aliphatic heterocycles. The Labute approximate surface area is 141 Å². The molecule has 1 aromatic heterocycles. The van der Waals surface area contributed by atoms with Crippen molar-refractivity contribution in [2.75, 3.05) is 6.61 Å². The highest BCUT2D eigenvalue weighted by Crippen LogP contribution is 2.21. The Bertz CT molecular complexity index is 839. The van der Waals surface area contributed by atoms with Gasteiger partial charge in [0.15, 0.2) is 0 Å². The number of hydrogen-bond donors (Lipinski definition) is 1. The smallest absolute Gasteiger partial charge is 0.119 e. The van der Waals surface area contributed by atoms with Gasteiger partial charge in [0.25, 0.3) is 0 Å². The van der Waals surface area contributed by atoms with Gasteiger partial charge in [-0.15, -0.1) is 5.10 Å². The molecule has 1 aliphatic rings. The summed E-state index contributed by atoms with van der Waals surface area (Å²) >= 11 is 0. The van der Waals surface area contributed by atoms with E-state index in [1.165, 1.54) is 16.7 Å². The summed E-state index contributed by atoms with van der Waals surface area (Å²) in [6.07, 6.45) is 1.99. The molecule has 0 fully saturated rings. The van der Waals surface area contributed by atoms with E-state index in [1.807, 2.05) is 42.1 Å². The van der Waals surface area contributed by atoms with Gasteiger partial charge in [-0.1, -0.05) is 23.4 Å². The van der Waals surface area contributed by atoms with Crippen LogP contribution in [0.2, 0.25) is 0 Å². The first-order chi connectivity index (χ1) is 11.8. The number of hydrogen-bond acceptors (Lipinski definition) is 4. The quantitative estimate of drug-likeness (QED) is 0.785. The number of fused-ring (bicyclic) bond motifs is 1. The SMILES string of the molecule is CCOc1ccc(-c2cn(Cc3ccc4c(c3)CNC4)nn2)cc1. The van der Waals surface area contributed by atoms with E-state index in [0.29, 0.717) is 6.61 Å². The highest BCUT2D eigenvalue weighted by atomic mass is 16.5. The molecule has 2 heterocycles. The lowest BCUT2D eigenvalue weighted by Gasteiger charge is -2.04. The maximum Gasteiger partial charge on any atom is 0.119 e. The largest absolute Gasteiger partial charge is 0.494 e. The van der Waals surface area contributed by atoms with Gasteiger partial charge in [0.2, 0.25) is 0 Å². The van der Waals surface area contributed by atoms with Crippen LogP contribution in [0.1, 0.15) is 23.6 Å². The van der Waals surface area contributed by atoms with Crippen LogP contribution in [0, 0.1) is 0 Å². The van der Waals surface area contributed by atoms with Gasteiger partial charge in [0.05, 0.1) is 19.3 Å². The fraction of sp³-hybridized carbons (Fsp3) is 0.263. The van der Waals surface area contributed by atoms with Gasteiger partial charge in [0.1, 0.15) is 11.4 Å². The van der Waals surface area contributed by atoms with E-state index >= 15 is 0 Å². The summed E-state index contributed by atoms with van der Waals surface area (Å²) in [5.74, 6) is 0.875. The monoisotopic (exact) mass is 320 g/mol. The van der Waals surface area contributed by atoms with Crippen LogP contribution in [-0.4, -0.2) is 21.6 Å². The lowest BCUT2D eigenvalue weighted by molar-refractivity contribution is 0.340. The molecule has 1 N–H and O–H groups in total. The van der Waals surface area contributed by atoms with Crippen molar-refractivity contribution >= 4 is 0 Å². The summed E-state index contributed by atoms with van der Waals surface area (Å²) in [4.78, 5) is 0. The minimum absolute atomic E-state index is 0.672. The lowest BCUT2D eigenvalue weighted by atomic mass is 10.1. The second-order valence-electron chi connectivity index (χ2n) is 5.97. The molecule has 5 nitrogen and oxygen atoms in total. The maximum atomic E-state index is 5.47. The molecule has 0 bridgehead atoms. The van der Waals surface area contributed by atoms with Crippen molar-refractivity contribution in [3.05, 3.63) is 65.4 Å². The Morgan fingerprint density at radius 1 is 1.08 bits per heavy atom. The molecule has 0 saturated carbocycles. The topological polar surface area (TPSA) is 52.0 Å². The van der Waals surface area contributed by atoms with Crippen molar-refractivity contribution in [2.45, 2.75) is 26.6 Å². The molecule has 3 aromatic rings. The van der Waals surface area contributed by atoms with Crippen LogP contribution in [0.15, 0.2) is 48.7 Å². The Morgan fingerprint density at radius 2 is 1.92 bits per heavy atom. The predicted octanol–water partition coefficient (Wildman–Crippen LogP) is 3.00. The summed E-state index contributed by atoms with van der Waals surface area (Å²) in [5, 5.41) is 11.9. The van der Waals surface area contributed by atoms with E-state index in [0.717, 1.165) is 36.6 Å². The second-order valence-corrected chi connectivity index (χ2v) is 5.97. The molecule has 2 aromatic carbocycles. The third kappa shape index (κ3) is 3.03. The van der Waals surface area contributed by atoms with Crippen molar-refractivity contribution in [2.24, 2.45) is 0 Å². The average molecular weight is 320 g/mol. The van der Waals surface area contributed by atoms with Gasteiger partial charge >= 0.3 is 0 Å². The van der Waals surface area contributed by atoms with Crippen molar-refractivity contribution < 1.29 is 4.74 Å². The van der Waals surface area contributed by atoms with Crippen LogP contribution in [0.5, 0.6) is 5.75 Å². The minimum Gasteiger partial charge on any atom is -0.494 e. The van der Waals surface area contributed by atoms with E-state index in [2.05, 4.69) is 33.8 Å². The van der Waals surface area contributed by atoms with Gasteiger partial charge in [-0.05, 0) is 47.9 Å². The number of benzene rings is 2. The van der Waals surface area contributed by atoms with Crippen LogP contribution in [0.4, 0.5) is 0 Å². The molecule has 0 amide bonds. The fourth-order valence-electron chi connectivity index (χ4n) is 3.03. The summed E-state index contributed by atoms with van der Waals surface area (Å²) in [6, 6.07) is 14.6. The fourth-order valence-corrected chi connectivity index (χ4v) is 3.03. The summed E-state index contributed by atoms with van der Waals surface area (Å²) in [7, 11) is 0. The van der Waals surface area contributed by atoms with Crippen LogP contribution in [0.25, 0.3) is 11.3 Å². The first-order valence-corrected chi connectivity index (χ1v) is 8.26. The highest BCUT2D eigenvalue weighted by Gasteiger charge is 2.11. The highest BCUT2D eigenvalue weighted by molar-refractivity contribution is 5.58. The van der Waals surface area contributed by atoms with Crippen molar-refractivity contribution in [1.82, 2.24) is 20.3 Å². The third-order valence-electron chi connectivity index (χ3n) is 4.25. The zero-order chi connectivity index (χ0) is 16.4. The van der Waals surface area contributed by atoms with Gasteiger partial charge in [-0.2, -0.15) is 0 Å². The minimum atomic E-state index is 0.672. The van der Waals surface area contributed by atoms with Crippen LogP contribution < -0.4 is 10.1 Å². The first kappa shape index (κ1) is 14.9. The van der Waals surface area contributed by atoms with Crippen molar-refractivity contribution in [1.29, 1.82) is 0 Å². The normalized spacial score (nSPS) is 13.0. The second kappa shape index (κ2) is 6.45. The van der Waals surface area contributed by atoms with Gasteiger partial charge < -0.3 is 10.1 Å². The summed E-state index contributed by atoms with van der Waals surface area (Å²) in [5.41, 5.74) is 5.95. The Hall–Kier alpha value is -2.66. The van der Waals surface area contributed by atoms with Gasteiger partial charge in [-0.3, -0.25) is 0 Å². The molecule has 0 saturated heterocycles. The molecule has 0 spiro atoms. The van der Waals surface area contributed by atoms with Crippen molar-refractivity contribution in [3.63, 3.8) is 0 Å². The number of nitrogens with zero attached hydrogens (tertiary/aromatic N) is 3. The Morgan fingerprint density at radius 3 is 2.75 bits per heavy atom. The zero-order valence-corrected chi connectivity index (χ0v) is 13.7. The van der Waals surface area contributed by atoms with Crippen LogP contribution in [-0.2, 0) is 19.6 Å².